The predicted molar refractivity (Wildman–Crippen MR) is 82.6 cm³/mol. The highest BCUT2D eigenvalue weighted by Crippen LogP contribution is 2.29. The van der Waals surface area contributed by atoms with E-state index >= 15 is 0 Å². The lowest BCUT2D eigenvalue weighted by molar-refractivity contribution is 0.521. The number of anilines is 2. The van der Waals surface area contributed by atoms with Crippen LogP contribution in [-0.4, -0.2) is 36.8 Å². The van der Waals surface area contributed by atoms with E-state index in [1.165, 1.54) is 26.4 Å². The highest BCUT2D eigenvalue weighted by atomic mass is 35.5. The van der Waals surface area contributed by atoms with E-state index in [-0.39, 0.29) is 21.0 Å². The van der Waals surface area contributed by atoms with E-state index < -0.39 is 10.0 Å². The third-order valence-corrected chi connectivity index (χ3v) is 4.95. The van der Waals surface area contributed by atoms with Crippen molar-refractivity contribution in [1.82, 2.24) is 14.3 Å². The van der Waals surface area contributed by atoms with Crippen molar-refractivity contribution < 1.29 is 8.42 Å². The van der Waals surface area contributed by atoms with Crippen molar-refractivity contribution in [2.45, 2.75) is 4.90 Å². The zero-order chi connectivity index (χ0) is 15.6. The Labute approximate surface area is 132 Å². The monoisotopic (exact) mass is 346 g/mol. The Hall–Kier alpha value is -1.41. The van der Waals surface area contributed by atoms with Crippen LogP contribution < -0.4 is 5.32 Å². The summed E-state index contributed by atoms with van der Waals surface area (Å²) in [5.41, 5.74) is 0.350. The van der Waals surface area contributed by atoms with E-state index in [4.69, 9.17) is 23.2 Å². The van der Waals surface area contributed by atoms with Crippen LogP contribution >= 0.6 is 23.2 Å². The number of sulfonamides is 1. The number of hydrogen-bond donors (Lipinski definition) is 1. The first-order chi connectivity index (χ1) is 9.82. The normalized spacial score (nSPS) is 11.7. The van der Waals surface area contributed by atoms with Gasteiger partial charge in [-0.3, -0.25) is 0 Å². The fourth-order valence-corrected chi connectivity index (χ4v) is 2.86. The summed E-state index contributed by atoms with van der Waals surface area (Å²) in [5.74, 6) is 0.234. The van der Waals surface area contributed by atoms with Crippen LogP contribution in [0.15, 0.2) is 35.4 Å². The van der Waals surface area contributed by atoms with Crippen molar-refractivity contribution in [2.24, 2.45) is 0 Å². The standard InChI is InChI=1S/C12H12Cl2N4O2S/c1-18(2)21(19,20)10-6-4-3-5-9(10)16-11-8(13)7-15-12(14)17-11/h3-7H,1-2H3,(H,15,16,17). The molecule has 0 aliphatic carbocycles. The quantitative estimate of drug-likeness (QED) is 0.861. The molecular formula is C12H12Cl2N4O2S. The summed E-state index contributed by atoms with van der Waals surface area (Å²) in [6.07, 6.45) is 1.34. The van der Waals surface area contributed by atoms with Gasteiger partial charge in [0.15, 0.2) is 5.82 Å². The fourth-order valence-electron chi connectivity index (χ4n) is 1.55. The first kappa shape index (κ1) is 16.0. The first-order valence-corrected chi connectivity index (χ1v) is 7.98. The Balaban J connectivity index is 2.49. The van der Waals surface area contributed by atoms with Gasteiger partial charge in [0.25, 0.3) is 0 Å². The van der Waals surface area contributed by atoms with E-state index in [0.717, 1.165) is 4.31 Å². The summed E-state index contributed by atoms with van der Waals surface area (Å²) >= 11 is 11.7. The largest absolute Gasteiger partial charge is 0.338 e. The summed E-state index contributed by atoms with van der Waals surface area (Å²) < 4.78 is 25.7. The number of aromatic nitrogens is 2. The topological polar surface area (TPSA) is 75.2 Å². The number of rotatable bonds is 4. The van der Waals surface area contributed by atoms with Gasteiger partial charge in [0.2, 0.25) is 15.3 Å². The van der Waals surface area contributed by atoms with Crippen LogP contribution in [0.1, 0.15) is 0 Å². The number of hydrogen-bond acceptors (Lipinski definition) is 5. The maximum absolute atomic E-state index is 12.3. The van der Waals surface area contributed by atoms with Crippen LogP contribution in [0.4, 0.5) is 11.5 Å². The molecule has 1 aromatic carbocycles. The molecule has 21 heavy (non-hydrogen) atoms. The molecule has 2 aromatic rings. The van der Waals surface area contributed by atoms with E-state index in [1.807, 2.05) is 0 Å². The molecule has 0 spiro atoms. The Morgan fingerprint density at radius 1 is 1.19 bits per heavy atom. The minimum Gasteiger partial charge on any atom is -0.338 e. The van der Waals surface area contributed by atoms with Gasteiger partial charge in [0, 0.05) is 14.1 Å². The third kappa shape index (κ3) is 3.44. The van der Waals surface area contributed by atoms with Gasteiger partial charge in [-0.2, -0.15) is 4.98 Å². The number of benzene rings is 1. The zero-order valence-corrected chi connectivity index (χ0v) is 13.5. The van der Waals surface area contributed by atoms with Gasteiger partial charge in [-0.05, 0) is 23.7 Å². The highest BCUT2D eigenvalue weighted by molar-refractivity contribution is 7.89. The summed E-state index contributed by atoms with van der Waals surface area (Å²) in [6.45, 7) is 0. The number of nitrogens with one attached hydrogen (secondary N) is 1. The van der Waals surface area contributed by atoms with Gasteiger partial charge in [0.1, 0.15) is 9.92 Å². The maximum Gasteiger partial charge on any atom is 0.244 e. The molecule has 1 aromatic heterocycles. The lowest BCUT2D eigenvalue weighted by atomic mass is 10.3. The van der Waals surface area contributed by atoms with Crippen LogP contribution in [0.25, 0.3) is 0 Å². The zero-order valence-electron chi connectivity index (χ0n) is 11.2. The second-order valence-electron chi connectivity index (χ2n) is 4.24. The van der Waals surface area contributed by atoms with E-state index in [1.54, 1.807) is 18.2 Å². The van der Waals surface area contributed by atoms with Crippen LogP contribution in [0, 0.1) is 0 Å². The van der Waals surface area contributed by atoms with Crippen molar-refractivity contribution in [2.75, 3.05) is 19.4 Å². The second-order valence-corrected chi connectivity index (χ2v) is 7.11. The minimum atomic E-state index is -3.60. The van der Waals surface area contributed by atoms with E-state index in [9.17, 15) is 8.42 Å². The predicted octanol–water partition coefficient (Wildman–Crippen LogP) is 2.78. The van der Waals surface area contributed by atoms with Crippen LogP contribution in [0.3, 0.4) is 0 Å². The van der Waals surface area contributed by atoms with Crippen LogP contribution in [0.5, 0.6) is 0 Å². The first-order valence-electron chi connectivity index (χ1n) is 5.79. The minimum absolute atomic E-state index is 0.00912. The Morgan fingerprint density at radius 2 is 1.86 bits per heavy atom. The van der Waals surface area contributed by atoms with Gasteiger partial charge >= 0.3 is 0 Å². The number of nitrogens with zero attached hydrogens (tertiary/aromatic N) is 3. The van der Waals surface area contributed by atoms with Crippen molar-refractivity contribution in [3.63, 3.8) is 0 Å². The van der Waals surface area contributed by atoms with Crippen molar-refractivity contribution in [3.8, 4) is 0 Å². The molecule has 112 valence electrons. The SMILES string of the molecule is CN(C)S(=O)(=O)c1ccccc1Nc1nc(Cl)ncc1Cl. The molecule has 0 aliphatic heterocycles. The smallest absolute Gasteiger partial charge is 0.244 e. The van der Waals surface area contributed by atoms with Crippen LogP contribution in [0.2, 0.25) is 10.3 Å². The molecule has 0 radical (unpaired) electrons. The lowest BCUT2D eigenvalue weighted by Gasteiger charge is -2.16. The molecule has 0 aliphatic rings. The second kappa shape index (κ2) is 6.15. The molecule has 2 rings (SSSR count). The van der Waals surface area contributed by atoms with Gasteiger partial charge in [-0.15, -0.1) is 0 Å². The Bertz CT molecular complexity index is 766. The number of halogens is 2. The molecule has 0 fully saturated rings. The molecule has 0 unspecified atom stereocenters. The van der Waals surface area contributed by atoms with Gasteiger partial charge < -0.3 is 5.32 Å². The van der Waals surface area contributed by atoms with Gasteiger partial charge in [-0.1, -0.05) is 23.7 Å². The fraction of sp³-hybridized carbons (Fsp3) is 0.167. The lowest BCUT2D eigenvalue weighted by Crippen LogP contribution is -2.23. The van der Waals surface area contributed by atoms with Gasteiger partial charge in [0.05, 0.1) is 11.9 Å². The molecule has 9 heteroatoms. The molecular weight excluding hydrogens is 335 g/mol. The van der Waals surface area contributed by atoms with Crippen molar-refractivity contribution >= 4 is 44.7 Å². The molecule has 0 atom stereocenters. The van der Waals surface area contributed by atoms with E-state index in [0.29, 0.717) is 5.69 Å². The summed E-state index contributed by atoms with van der Waals surface area (Å²) in [4.78, 5) is 7.79. The van der Waals surface area contributed by atoms with Crippen molar-refractivity contribution in [3.05, 3.63) is 40.8 Å². The van der Waals surface area contributed by atoms with E-state index in [2.05, 4.69) is 15.3 Å². The molecule has 0 saturated heterocycles. The molecule has 1 N–H and O–H groups in total. The molecule has 0 bridgehead atoms. The maximum atomic E-state index is 12.3. The molecule has 6 nitrogen and oxygen atoms in total. The number of para-hydroxylation sites is 1. The third-order valence-electron chi connectivity index (χ3n) is 2.61. The average Bonchev–Trinajstić information content (AvgIpc) is 2.43. The Kier molecular flexibility index (Phi) is 4.67. The molecule has 0 saturated carbocycles. The summed E-state index contributed by atoms with van der Waals surface area (Å²) in [7, 11) is -0.681. The van der Waals surface area contributed by atoms with Gasteiger partial charge in [-0.25, -0.2) is 17.7 Å². The summed E-state index contributed by atoms with van der Waals surface area (Å²) in [6, 6.07) is 6.45. The highest BCUT2D eigenvalue weighted by Gasteiger charge is 2.21. The van der Waals surface area contributed by atoms with Crippen LogP contribution in [-0.2, 0) is 10.0 Å². The molecule has 0 amide bonds. The van der Waals surface area contributed by atoms with Crippen molar-refractivity contribution in [1.29, 1.82) is 0 Å². The Morgan fingerprint density at radius 3 is 2.52 bits per heavy atom. The average molecular weight is 347 g/mol. The molecule has 1 heterocycles. The summed E-state index contributed by atoms with van der Waals surface area (Å²) in [5, 5.41) is 3.11.